The van der Waals surface area contributed by atoms with Crippen LogP contribution in [0.5, 0.6) is 0 Å². The normalized spacial score (nSPS) is 9.94. The summed E-state index contributed by atoms with van der Waals surface area (Å²) >= 11 is 14.7. The molecule has 0 bridgehead atoms. The quantitative estimate of drug-likeness (QED) is 0.663. The van der Waals surface area contributed by atoms with E-state index in [0.717, 1.165) is 5.33 Å². The molecule has 2 amide bonds. The molecule has 1 aromatic rings. The molecule has 0 heterocycles. The fourth-order valence-corrected chi connectivity index (χ4v) is 1.58. The second-order valence-electron chi connectivity index (χ2n) is 3.26. The summed E-state index contributed by atoms with van der Waals surface area (Å²) in [6.07, 6.45) is -0.110. The van der Waals surface area contributed by atoms with E-state index < -0.39 is 12.0 Å². The van der Waals surface area contributed by atoms with Gasteiger partial charge in [-0.2, -0.15) is 0 Å². The lowest BCUT2D eigenvalue weighted by Gasteiger charge is -2.06. The SMILES string of the molecule is O=C(NC(=O)c1ccc(Cl)c(Cl)c1)OCCCBr. The maximum atomic E-state index is 11.6. The van der Waals surface area contributed by atoms with E-state index in [1.807, 2.05) is 0 Å². The maximum absolute atomic E-state index is 11.6. The van der Waals surface area contributed by atoms with Gasteiger partial charge in [-0.3, -0.25) is 10.1 Å². The van der Waals surface area contributed by atoms with Crippen LogP contribution in [0.4, 0.5) is 4.79 Å². The molecule has 0 aliphatic heterocycles. The summed E-state index contributed by atoms with van der Waals surface area (Å²) in [6, 6.07) is 4.33. The van der Waals surface area contributed by atoms with Crippen LogP contribution in [0.3, 0.4) is 0 Å². The molecular formula is C11H10BrCl2NO3. The molecule has 98 valence electrons. The summed E-state index contributed by atoms with van der Waals surface area (Å²) in [7, 11) is 0. The maximum Gasteiger partial charge on any atom is 0.414 e. The molecule has 0 unspecified atom stereocenters. The average Bonchev–Trinajstić information content (AvgIpc) is 2.33. The van der Waals surface area contributed by atoms with Gasteiger partial charge in [0.15, 0.2) is 0 Å². The van der Waals surface area contributed by atoms with E-state index in [1.165, 1.54) is 18.2 Å². The molecule has 0 saturated carbocycles. The number of hydrogen-bond donors (Lipinski definition) is 1. The number of carbonyl (C=O) groups is 2. The van der Waals surface area contributed by atoms with E-state index >= 15 is 0 Å². The van der Waals surface area contributed by atoms with Crippen LogP contribution in [-0.2, 0) is 4.74 Å². The Morgan fingerprint density at radius 2 is 2.00 bits per heavy atom. The zero-order valence-corrected chi connectivity index (χ0v) is 12.3. The Morgan fingerprint density at radius 3 is 2.61 bits per heavy atom. The third-order valence-corrected chi connectivity index (χ3v) is 3.21. The van der Waals surface area contributed by atoms with Crippen molar-refractivity contribution in [2.75, 3.05) is 11.9 Å². The Labute approximate surface area is 123 Å². The summed E-state index contributed by atoms with van der Waals surface area (Å²) in [5.74, 6) is -0.586. The molecule has 0 aliphatic carbocycles. The van der Waals surface area contributed by atoms with Crippen molar-refractivity contribution in [3.05, 3.63) is 33.8 Å². The first-order valence-electron chi connectivity index (χ1n) is 5.03. The van der Waals surface area contributed by atoms with Gasteiger partial charge in [0, 0.05) is 10.9 Å². The summed E-state index contributed by atoms with van der Waals surface area (Å²) in [6.45, 7) is 0.242. The number of benzene rings is 1. The number of amides is 2. The molecule has 0 aliphatic rings. The number of imide groups is 1. The molecule has 18 heavy (non-hydrogen) atoms. The molecule has 0 spiro atoms. The average molecular weight is 355 g/mol. The van der Waals surface area contributed by atoms with E-state index in [-0.39, 0.29) is 17.2 Å². The van der Waals surface area contributed by atoms with Crippen molar-refractivity contribution in [1.29, 1.82) is 0 Å². The number of carbonyl (C=O) groups excluding carboxylic acids is 2. The topological polar surface area (TPSA) is 55.4 Å². The lowest BCUT2D eigenvalue weighted by Crippen LogP contribution is -2.31. The van der Waals surface area contributed by atoms with Gasteiger partial charge in [0.25, 0.3) is 5.91 Å². The molecule has 1 N–H and O–H groups in total. The summed E-state index contributed by atoms with van der Waals surface area (Å²) < 4.78 is 4.77. The number of alkyl halides is 1. The molecule has 0 radical (unpaired) electrons. The van der Waals surface area contributed by atoms with E-state index in [0.29, 0.717) is 11.4 Å². The van der Waals surface area contributed by atoms with Gasteiger partial charge in [0.05, 0.1) is 16.7 Å². The van der Waals surface area contributed by atoms with Crippen LogP contribution in [0.25, 0.3) is 0 Å². The van der Waals surface area contributed by atoms with Gasteiger partial charge < -0.3 is 4.74 Å². The summed E-state index contributed by atoms with van der Waals surface area (Å²) in [5, 5.41) is 3.40. The van der Waals surface area contributed by atoms with Crippen LogP contribution >= 0.6 is 39.1 Å². The van der Waals surface area contributed by atoms with Gasteiger partial charge in [-0.05, 0) is 24.6 Å². The highest BCUT2D eigenvalue weighted by molar-refractivity contribution is 9.09. The minimum Gasteiger partial charge on any atom is -0.449 e. The van der Waals surface area contributed by atoms with Gasteiger partial charge >= 0.3 is 6.09 Å². The minimum atomic E-state index is -0.785. The highest BCUT2D eigenvalue weighted by atomic mass is 79.9. The van der Waals surface area contributed by atoms with Crippen LogP contribution in [-0.4, -0.2) is 23.9 Å². The zero-order valence-electron chi connectivity index (χ0n) is 9.21. The minimum absolute atomic E-state index is 0.238. The molecule has 4 nitrogen and oxygen atoms in total. The van der Waals surface area contributed by atoms with Crippen molar-refractivity contribution in [3.63, 3.8) is 0 Å². The van der Waals surface area contributed by atoms with Crippen LogP contribution in [0, 0.1) is 0 Å². The molecule has 0 atom stereocenters. The van der Waals surface area contributed by atoms with Gasteiger partial charge in [0.2, 0.25) is 0 Å². The number of nitrogens with one attached hydrogen (secondary N) is 1. The predicted octanol–water partition coefficient (Wildman–Crippen LogP) is 3.64. The number of hydrogen-bond acceptors (Lipinski definition) is 3. The number of alkyl carbamates (subject to hydrolysis) is 1. The second kappa shape index (κ2) is 7.61. The third kappa shape index (κ3) is 4.84. The molecule has 7 heteroatoms. The van der Waals surface area contributed by atoms with Crippen molar-refractivity contribution in [2.24, 2.45) is 0 Å². The monoisotopic (exact) mass is 353 g/mol. The number of halogens is 3. The highest BCUT2D eigenvalue weighted by Gasteiger charge is 2.12. The zero-order chi connectivity index (χ0) is 13.5. The first-order chi connectivity index (χ1) is 8.54. The van der Waals surface area contributed by atoms with Crippen LogP contribution in [0.15, 0.2) is 18.2 Å². The smallest absolute Gasteiger partial charge is 0.414 e. The molecule has 0 aromatic heterocycles. The lowest BCUT2D eigenvalue weighted by atomic mass is 10.2. The third-order valence-electron chi connectivity index (χ3n) is 1.91. The van der Waals surface area contributed by atoms with Crippen molar-refractivity contribution < 1.29 is 14.3 Å². The van der Waals surface area contributed by atoms with E-state index in [2.05, 4.69) is 21.2 Å². The molecule has 0 fully saturated rings. The van der Waals surface area contributed by atoms with Crippen molar-refractivity contribution in [2.45, 2.75) is 6.42 Å². The summed E-state index contributed by atoms with van der Waals surface area (Å²) in [4.78, 5) is 22.9. The van der Waals surface area contributed by atoms with Crippen molar-refractivity contribution in [1.82, 2.24) is 5.32 Å². The van der Waals surface area contributed by atoms with Crippen molar-refractivity contribution >= 4 is 51.1 Å². The number of rotatable bonds is 4. The second-order valence-corrected chi connectivity index (χ2v) is 4.87. The first kappa shape index (κ1) is 15.3. The van der Waals surface area contributed by atoms with Gasteiger partial charge in [-0.1, -0.05) is 39.1 Å². The molecule has 0 saturated heterocycles. The fraction of sp³-hybridized carbons (Fsp3) is 0.273. The lowest BCUT2D eigenvalue weighted by molar-refractivity contribution is 0.0920. The van der Waals surface area contributed by atoms with E-state index in [1.54, 1.807) is 0 Å². The molecule has 1 rings (SSSR count). The Hall–Kier alpha value is -0.780. The Bertz CT molecular complexity index is 454. The molecular weight excluding hydrogens is 345 g/mol. The van der Waals surface area contributed by atoms with Crippen LogP contribution in [0.2, 0.25) is 10.0 Å². The van der Waals surface area contributed by atoms with Crippen LogP contribution in [0.1, 0.15) is 16.8 Å². The van der Waals surface area contributed by atoms with Gasteiger partial charge in [-0.15, -0.1) is 0 Å². The standard InChI is InChI=1S/C11H10BrCl2NO3/c12-4-1-5-18-11(17)15-10(16)7-2-3-8(13)9(14)6-7/h2-3,6H,1,4-5H2,(H,15,16,17). The Morgan fingerprint density at radius 1 is 1.28 bits per heavy atom. The molecule has 1 aromatic carbocycles. The van der Waals surface area contributed by atoms with E-state index in [4.69, 9.17) is 27.9 Å². The largest absolute Gasteiger partial charge is 0.449 e. The summed E-state index contributed by atoms with van der Waals surface area (Å²) in [5.41, 5.74) is 0.238. The predicted molar refractivity (Wildman–Crippen MR) is 73.7 cm³/mol. The van der Waals surface area contributed by atoms with E-state index in [9.17, 15) is 9.59 Å². The van der Waals surface area contributed by atoms with Crippen LogP contribution < -0.4 is 5.32 Å². The Kier molecular flexibility index (Phi) is 6.46. The van der Waals surface area contributed by atoms with Gasteiger partial charge in [0.1, 0.15) is 0 Å². The Balaban J connectivity index is 2.54. The first-order valence-corrected chi connectivity index (χ1v) is 6.91. The van der Waals surface area contributed by atoms with Gasteiger partial charge in [-0.25, -0.2) is 4.79 Å². The highest BCUT2D eigenvalue weighted by Crippen LogP contribution is 2.22. The fourth-order valence-electron chi connectivity index (χ4n) is 1.06. The van der Waals surface area contributed by atoms with Crippen molar-refractivity contribution in [3.8, 4) is 0 Å². The number of ether oxygens (including phenoxy) is 1.